The minimum Gasteiger partial charge on any atom is -0.466 e. The highest BCUT2D eigenvalue weighted by molar-refractivity contribution is 7.91. The molecule has 0 unspecified atom stereocenters. The van der Waals surface area contributed by atoms with Crippen LogP contribution in [0.15, 0.2) is 53.4 Å². The third-order valence-corrected chi connectivity index (χ3v) is 7.33. The van der Waals surface area contributed by atoms with Crippen LogP contribution in [0.1, 0.15) is 26.2 Å². The molecule has 2 aromatic rings. The number of hydrogen-bond acceptors (Lipinski definition) is 6. The molecule has 0 aromatic heterocycles. The third-order valence-electron chi connectivity index (χ3n) is 5.35. The molecule has 1 heterocycles. The molecule has 3 rings (SSSR count). The summed E-state index contributed by atoms with van der Waals surface area (Å²) in [6, 6.07) is 13.2. The molecule has 8 heteroatoms. The number of nitrogens with one attached hydrogen (secondary N) is 1. The van der Waals surface area contributed by atoms with Crippen molar-refractivity contribution >= 4 is 27.4 Å². The first kappa shape index (κ1) is 22.6. The van der Waals surface area contributed by atoms with Crippen molar-refractivity contribution in [1.29, 1.82) is 0 Å². The number of hydrogen-bond donors (Lipinski definition) is 1. The second-order valence-electron chi connectivity index (χ2n) is 7.35. The highest BCUT2D eigenvalue weighted by Crippen LogP contribution is 2.35. The molecule has 30 heavy (non-hydrogen) atoms. The van der Waals surface area contributed by atoms with Crippen molar-refractivity contribution in [2.24, 2.45) is 5.41 Å². The van der Waals surface area contributed by atoms with Gasteiger partial charge in [-0.3, -0.25) is 4.79 Å². The number of benzene rings is 2. The minimum absolute atomic E-state index is 0.108. The molecule has 1 N–H and O–H groups in total. The van der Waals surface area contributed by atoms with Crippen molar-refractivity contribution in [3.05, 3.63) is 53.6 Å². The van der Waals surface area contributed by atoms with Crippen LogP contribution in [0.2, 0.25) is 5.02 Å². The number of halogens is 1. The van der Waals surface area contributed by atoms with E-state index in [-0.39, 0.29) is 29.6 Å². The highest BCUT2D eigenvalue weighted by Gasteiger charge is 2.41. The Labute approximate surface area is 182 Å². The first-order valence-electron chi connectivity index (χ1n) is 9.99. The fraction of sp³-hybridized carbons (Fsp3) is 0.409. The van der Waals surface area contributed by atoms with E-state index in [0.29, 0.717) is 42.5 Å². The number of sulfone groups is 1. The standard InChI is InChI=1S/C22H26ClNO5S/c1-2-28-21(25)22(11-14-24-15-12-22)13-16-30(26,27)20-9-7-19(8-10-20)29-18-5-3-17(23)4-6-18/h3-10,24H,2,11-16H2,1H3. The maximum atomic E-state index is 12.9. The summed E-state index contributed by atoms with van der Waals surface area (Å²) in [5.41, 5.74) is -0.744. The van der Waals surface area contributed by atoms with Crippen LogP contribution in [0.25, 0.3) is 0 Å². The number of piperidine rings is 1. The van der Waals surface area contributed by atoms with Gasteiger partial charge in [-0.25, -0.2) is 8.42 Å². The Balaban J connectivity index is 1.68. The minimum atomic E-state index is -3.54. The average Bonchev–Trinajstić information content (AvgIpc) is 2.75. The monoisotopic (exact) mass is 451 g/mol. The Morgan fingerprint density at radius 1 is 1.03 bits per heavy atom. The van der Waals surface area contributed by atoms with Gasteiger partial charge < -0.3 is 14.8 Å². The van der Waals surface area contributed by atoms with Gasteiger partial charge in [0.2, 0.25) is 0 Å². The van der Waals surface area contributed by atoms with Crippen molar-refractivity contribution in [1.82, 2.24) is 5.32 Å². The molecule has 1 saturated heterocycles. The first-order valence-corrected chi connectivity index (χ1v) is 12.0. The summed E-state index contributed by atoms with van der Waals surface area (Å²) >= 11 is 5.86. The van der Waals surface area contributed by atoms with Crippen LogP contribution < -0.4 is 10.1 Å². The molecule has 0 bridgehead atoms. The van der Waals surface area contributed by atoms with Gasteiger partial charge in [0.05, 0.1) is 22.7 Å². The van der Waals surface area contributed by atoms with E-state index in [1.54, 1.807) is 43.3 Å². The number of carbonyl (C=O) groups is 1. The normalized spacial score (nSPS) is 16.1. The number of carbonyl (C=O) groups excluding carboxylic acids is 1. The third kappa shape index (κ3) is 5.53. The summed E-state index contributed by atoms with van der Waals surface area (Å²) in [5.74, 6) is 0.728. The molecule has 0 amide bonds. The molecular formula is C22H26ClNO5S. The van der Waals surface area contributed by atoms with Crippen LogP contribution in [0, 0.1) is 5.41 Å². The SMILES string of the molecule is CCOC(=O)C1(CCS(=O)(=O)c2ccc(Oc3ccc(Cl)cc3)cc2)CCNCC1. The summed E-state index contributed by atoms with van der Waals surface area (Å²) in [5, 5.41) is 3.83. The highest BCUT2D eigenvalue weighted by atomic mass is 35.5. The van der Waals surface area contributed by atoms with Gasteiger partial charge in [0, 0.05) is 5.02 Å². The van der Waals surface area contributed by atoms with Crippen molar-refractivity contribution in [3.63, 3.8) is 0 Å². The molecule has 6 nitrogen and oxygen atoms in total. The van der Waals surface area contributed by atoms with Gasteiger partial charge in [-0.15, -0.1) is 0 Å². The first-order chi connectivity index (χ1) is 14.3. The maximum Gasteiger partial charge on any atom is 0.312 e. The quantitative estimate of drug-likeness (QED) is 0.605. The topological polar surface area (TPSA) is 81.7 Å². The van der Waals surface area contributed by atoms with Crippen molar-refractivity contribution < 1.29 is 22.7 Å². The van der Waals surface area contributed by atoms with Crippen LogP contribution in [0.5, 0.6) is 11.5 Å². The van der Waals surface area contributed by atoms with Crippen LogP contribution >= 0.6 is 11.6 Å². The fourth-order valence-corrected chi connectivity index (χ4v) is 5.12. The number of rotatable bonds is 8. The Bertz CT molecular complexity index is 952. The van der Waals surface area contributed by atoms with Gasteiger partial charge >= 0.3 is 5.97 Å². The van der Waals surface area contributed by atoms with Crippen LogP contribution in [0.3, 0.4) is 0 Å². The van der Waals surface area contributed by atoms with Crippen LogP contribution in [-0.2, 0) is 19.4 Å². The molecular weight excluding hydrogens is 426 g/mol. The zero-order valence-electron chi connectivity index (χ0n) is 16.9. The summed E-state index contributed by atoms with van der Waals surface area (Å²) in [6.07, 6.45) is 1.41. The molecule has 162 valence electrons. The van der Waals surface area contributed by atoms with E-state index in [0.717, 1.165) is 0 Å². The van der Waals surface area contributed by atoms with Gasteiger partial charge in [0.1, 0.15) is 11.5 Å². The van der Waals surface area contributed by atoms with Crippen LogP contribution in [0.4, 0.5) is 0 Å². The summed E-state index contributed by atoms with van der Waals surface area (Å²) < 4.78 is 36.7. The Kier molecular flexibility index (Phi) is 7.39. The molecule has 2 aromatic carbocycles. The van der Waals surface area contributed by atoms with E-state index < -0.39 is 15.3 Å². The molecule has 0 spiro atoms. The number of esters is 1. The lowest BCUT2D eigenvalue weighted by atomic mass is 9.76. The van der Waals surface area contributed by atoms with E-state index in [1.165, 1.54) is 12.1 Å². The van der Waals surface area contributed by atoms with E-state index in [9.17, 15) is 13.2 Å². The lowest BCUT2D eigenvalue weighted by Crippen LogP contribution is -2.44. The molecule has 1 aliphatic heterocycles. The van der Waals surface area contributed by atoms with E-state index in [1.807, 2.05) is 0 Å². The van der Waals surface area contributed by atoms with Crippen molar-refractivity contribution in [2.45, 2.75) is 31.1 Å². The van der Waals surface area contributed by atoms with Gasteiger partial charge in [0.25, 0.3) is 0 Å². The Hall–Kier alpha value is -2.09. The predicted molar refractivity (Wildman–Crippen MR) is 116 cm³/mol. The number of ether oxygens (including phenoxy) is 2. The summed E-state index contributed by atoms with van der Waals surface area (Å²) in [6.45, 7) is 3.40. The van der Waals surface area contributed by atoms with Gasteiger partial charge in [0.15, 0.2) is 9.84 Å². The van der Waals surface area contributed by atoms with Crippen LogP contribution in [-0.4, -0.2) is 39.8 Å². The van der Waals surface area contributed by atoms with Crippen molar-refractivity contribution in [2.75, 3.05) is 25.4 Å². The molecule has 0 aliphatic carbocycles. The molecule has 1 fully saturated rings. The molecule has 0 radical (unpaired) electrons. The predicted octanol–water partition coefficient (Wildman–Crippen LogP) is 4.23. The zero-order chi connectivity index (χ0) is 21.6. The average molecular weight is 452 g/mol. The maximum absolute atomic E-state index is 12.9. The summed E-state index contributed by atoms with van der Waals surface area (Å²) in [7, 11) is -3.54. The zero-order valence-corrected chi connectivity index (χ0v) is 18.5. The van der Waals surface area contributed by atoms with Gasteiger partial charge in [-0.1, -0.05) is 11.6 Å². The van der Waals surface area contributed by atoms with E-state index >= 15 is 0 Å². The largest absolute Gasteiger partial charge is 0.466 e. The lowest BCUT2D eigenvalue weighted by Gasteiger charge is -2.35. The fourth-order valence-electron chi connectivity index (χ4n) is 3.55. The lowest BCUT2D eigenvalue weighted by molar-refractivity contribution is -0.157. The van der Waals surface area contributed by atoms with Gasteiger partial charge in [-0.05, 0) is 87.8 Å². The van der Waals surface area contributed by atoms with E-state index in [4.69, 9.17) is 21.1 Å². The summed E-state index contributed by atoms with van der Waals surface area (Å²) in [4.78, 5) is 12.8. The Morgan fingerprint density at radius 2 is 1.60 bits per heavy atom. The van der Waals surface area contributed by atoms with E-state index in [2.05, 4.69) is 5.32 Å². The molecule has 0 atom stereocenters. The second kappa shape index (κ2) is 9.81. The Morgan fingerprint density at radius 3 is 2.17 bits per heavy atom. The smallest absolute Gasteiger partial charge is 0.312 e. The van der Waals surface area contributed by atoms with Gasteiger partial charge in [-0.2, -0.15) is 0 Å². The van der Waals surface area contributed by atoms with Crippen molar-refractivity contribution in [3.8, 4) is 11.5 Å². The molecule has 1 aliphatic rings. The molecule has 0 saturated carbocycles. The second-order valence-corrected chi connectivity index (χ2v) is 9.89.